The lowest BCUT2D eigenvalue weighted by molar-refractivity contribution is 0.102. The molecule has 0 aliphatic rings. The molecule has 2 aromatic heterocycles. The number of rotatable bonds is 2. The normalized spacial score (nSPS) is 10.2. The lowest BCUT2D eigenvalue weighted by Crippen LogP contribution is -2.18. The molecule has 17 heavy (non-hydrogen) atoms. The van der Waals surface area contributed by atoms with Crippen molar-refractivity contribution < 1.29 is 4.79 Å². The maximum atomic E-state index is 11.8. The number of anilines is 1. The van der Waals surface area contributed by atoms with Crippen molar-refractivity contribution >= 4 is 11.6 Å². The molecule has 2 rings (SSSR count). The highest BCUT2D eigenvalue weighted by atomic mass is 16.2. The third kappa shape index (κ3) is 2.41. The third-order valence-electron chi connectivity index (χ3n) is 2.27. The number of aromatic nitrogens is 3. The van der Waals surface area contributed by atoms with E-state index in [1.165, 1.54) is 12.1 Å². The second-order valence-electron chi connectivity index (χ2n) is 3.68. The van der Waals surface area contributed by atoms with Crippen LogP contribution in [0.4, 0.5) is 5.69 Å². The first-order valence-corrected chi connectivity index (χ1v) is 5.07. The van der Waals surface area contributed by atoms with Gasteiger partial charge in [0.15, 0.2) is 0 Å². The van der Waals surface area contributed by atoms with Crippen LogP contribution < -0.4 is 10.9 Å². The van der Waals surface area contributed by atoms with E-state index in [-0.39, 0.29) is 17.2 Å². The van der Waals surface area contributed by atoms with Gasteiger partial charge in [-0.25, -0.2) is 0 Å². The van der Waals surface area contributed by atoms with Crippen LogP contribution in [0.1, 0.15) is 16.2 Å². The van der Waals surface area contributed by atoms with Crippen LogP contribution in [-0.2, 0) is 7.05 Å². The summed E-state index contributed by atoms with van der Waals surface area (Å²) in [7, 11) is 1.77. The lowest BCUT2D eigenvalue weighted by atomic mass is 10.3. The largest absolute Gasteiger partial charge is 0.318 e. The highest BCUT2D eigenvalue weighted by Gasteiger charge is 2.10. The van der Waals surface area contributed by atoms with E-state index in [2.05, 4.69) is 15.4 Å². The van der Waals surface area contributed by atoms with Gasteiger partial charge in [-0.1, -0.05) is 6.07 Å². The summed E-state index contributed by atoms with van der Waals surface area (Å²) in [5, 5.41) is 6.79. The molecule has 0 saturated heterocycles. The standard InChI is InChI=1S/C11H12N4O2/c1-7-9(6-15(2)14-7)13-11(17)8-4-3-5-10(16)12-8/h3-6H,1-2H3,(H,12,16)(H,13,17). The number of hydrogen-bond donors (Lipinski definition) is 2. The smallest absolute Gasteiger partial charge is 0.272 e. The number of hydrogen-bond acceptors (Lipinski definition) is 3. The lowest BCUT2D eigenvalue weighted by Gasteiger charge is -2.02. The van der Waals surface area contributed by atoms with Crippen molar-refractivity contribution in [3.8, 4) is 0 Å². The number of aromatic amines is 1. The zero-order chi connectivity index (χ0) is 12.4. The molecule has 0 unspecified atom stereocenters. The van der Waals surface area contributed by atoms with Gasteiger partial charge in [0.1, 0.15) is 5.69 Å². The summed E-state index contributed by atoms with van der Waals surface area (Å²) < 4.78 is 1.61. The van der Waals surface area contributed by atoms with Crippen molar-refractivity contribution in [3.63, 3.8) is 0 Å². The van der Waals surface area contributed by atoms with E-state index in [9.17, 15) is 9.59 Å². The first kappa shape index (κ1) is 11.1. The molecular weight excluding hydrogens is 220 g/mol. The molecular formula is C11H12N4O2. The van der Waals surface area contributed by atoms with E-state index in [4.69, 9.17) is 0 Å². The molecule has 0 fully saturated rings. The molecule has 0 radical (unpaired) electrons. The fourth-order valence-corrected chi connectivity index (χ4v) is 1.49. The zero-order valence-electron chi connectivity index (χ0n) is 9.52. The Kier molecular flexibility index (Phi) is 2.78. The van der Waals surface area contributed by atoms with Crippen LogP contribution in [-0.4, -0.2) is 20.7 Å². The molecule has 6 nitrogen and oxygen atoms in total. The molecule has 0 aromatic carbocycles. The van der Waals surface area contributed by atoms with E-state index in [1.807, 2.05) is 0 Å². The summed E-state index contributed by atoms with van der Waals surface area (Å²) in [4.78, 5) is 25.3. The molecule has 0 bridgehead atoms. The summed E-state index contributed by atoms with van der Waals surface area (Å²) in [6.07, 6.45) is 1.70. The van der Waals surface area contributed by atoms with Gasteiger partial charge in [0.05, 0.1) is 11.4 Å². The minimum Gasteiger partial charge on any atom is -0.318 e. The van der Waals surface area contributed by atoms with Gasteiger partial charge in [-0.3, -0.25) is 14.3 Å². The number of nitrogens with one attached hydrogen (secondary N) is 2. The molecule has 88 valence electrons. The van der Waals surface area contributed by atoms with Gasteiger partial charge in [-0.05, 0) is 13.0 Å². The Bertz CT molecular complexity index is 612. The van der Waals surface area contributed by atoms with Gasteiger partial charge >= 0.3 is 0 Å². The van der Waals surface area contributed by atoms with Crippen molar-refractivity contribution in [1.29, 1.82) is 0 Å². The van der Waals surface area contributed by atoms with Crippen LogP contribution in [0.15, 0.2) is 29.2 Å². The van der Waals surface area contributed by atoms with E-state index in [1.54, 1.807) is 30.9 Å². The fraction of sp³-hybridized carbons (Fsp3) is 0.182. The minimum atomic E-state index is -0.362. The average molecular weight is 232 g/mol. The summed E-state index contributed by atoms with van der Waals surface area (Å²) in [5.41, 5.74) is 1.27. The Labute approximate surface area is 97.3 Å². The van der Waals surface area contributed by atoms with Crippen molar-refractivity contribution in [1.82, 2.24) is 14.8 Å². The van der Waals surface area contributed by atoms with Crippen molar-refractivity contribution in [3.05, 3.63) is 46.1 Å². The Morgan fingerprint density at radius 3 is 2.82 bits per heavy atom. The molecule has 2 aromatic rings. The van der Waals surface area contributed by atoms with Gasteiger partial charge in [0.25, 0.3) is 5.91 Å². The van der Waals surface area contributed by atoms with Crippen LogP contribution in [0.3, 0.4) is 0 Å². The number of carbonyl (C=O) groups is 1. The fourth-order valence-electron chi connectivity index (χ4n) is 1.49. The van der Waals surface area contributed by atoms with E-state index in [0.29, 0.717) is 5.69 Å². The summed E-state index contributed by atoms with van der Waals surface area (Å²) >= 11 is 0. The minimum absolute atomic E-state index is 0.223. The second-order valence-corrected chi connectivity index (χ2v) is 3.68. The number of pyridine rings is 1. The molecule has 6 heteroatoms. The van der Waals surface area contributed by atoms with Gasteiger partial charge in [-0.15, -0.1) is 0 Å². The molecule has 0 spiro atoms. The quantitative estimate of drug-likeness (QED) is 0.798. The summed E-state index contributed by atoms with van der Waals surface area (Å²) in [6, 6.07) is 4.43. The molecule has 2 N–H and O–H groups in total. The van der Waals surface area contributed by atoms with Crippen molar-refractivity contribution in [2.75, 3.05) is 5.32 Å². The number of nitrogens with zero attached hydrogens (tertiary/aromatic N) is 2. The van der Waals surface area contributed by atoms with Crippen LogP contribution >= 0.6 is 0 Å². The number of carbonyl (C=O) groups excluding carboxylic acids is 1. The number of amides is 1. The predicted octanol–water partition coefficient (Wildman–Crippen LogP) is 0.669. The number of H-pyrrole nitrogens is 1. The molecule has 2 heterocycles. The maximum absolute atomic E-state index is 11.8. The SMILES string of the molecule is Cc1nn(C)cc1NC(=O)c1cccc(=O)[nH]1. The van der Waals surface area contributed by atoms with E-state index < -0.39 is 0 Å². The molecule has 1 amide bonds. The van der Waals surface area contributed by atoms with E-state index >= 15 is 0 Å². The number of aryl methyl sites for hydroxylation is 2. The van der Waals surface area contributed by atoms with Crippen LogP contribution in [0.25, 0.3) is 0 Å². The van der Waals surface area contributed by atoms with Crippen molar-refractivity contribution in [2.45, 2.75) is 6.92 Å². The monoisotopic (exact) mass is 232 g/mol. The Balaban J connectivity index is 2.23. The average Bonchev–Trinajstić information content (AvgIpc) is 2.57. The highest BCUT2D eigenvalue weighted by Crippen LogP contribution is 2.12. The van der Waals surface area contributed by atoms with Gasteiger partial charge in [0.2, 0.25) is 5.56 Å². The van der Waals surface area contributed by atoms with Crippen LogP contribution in [0.5, 0.6) is 0 Å². The Morgan fingerprint density at radius 1 is 1.47 bits per heavy atom. The molecule has 0 saturated carbocycles. The third-order valence-corrected chi connectivity index (χ3v) is 2.27. The zero-order valence-corrected chi connectivity index (χ0v) is 9.52. The molecule has 0 atom stereocenters. The van der Waals surface area contributed by atoms with E-state index in [0.717, 1.165) is 5.69 Å². The highest BCUT2D eigenvalue weighted by molar-refractivity contribution is 6.03. The summed E-state index contributed by atoms with van der Waals surface area (Å²) in [5.74, 6) is -0.362. The topological polar surface area (TPSA) is 79.8 Å². The Hall–Kier alpha value is -2.37. The van der Waals surface area contributed by atoms with Crippen LogP contribution in [0.2, 0.25) is 0 Å². The maximum Gasteiger partial charge on any atom is 0.272 e. The first-order chi connectivity index (χ1) is 8.06. The molecule has 0 aliphatic carbocycles. The second kappa shape index (κ2) is 4.25. The van der Waals surface area contributed by atoms with Gasteiger partial charge in [-0.2, -0.15) is 5.10 Å². The van der Waals surface area contributed by atoms with Gasteiger partial charge < -0.3 is 10.3 Å². The van der Waals surface area contributed by atoms with Crippen molar-refractivity contribution in [2.24, 2.45) is 7.05 Å². The molecule has 0 aliphatic heterocycles. The first-order valence-electron chi connectivity index (χ1n) is 5.07. The summed E-state index contributed by atoms with van der Waals surface area (Å²) in [6.45, 7) is 1.79. The predicted molar refractivity (Wildman–Crippen MR) is 63.0 cm³/mol. The van der Waals surface area contributed by atoms with Crippen LogP contribution in [0, 0.1) is 6.92 Å². The Morgan fingerprint density at radius 2 is 2.24 bits per heavy atom. The van der Waals surface area contributed by atoms with Gasteiger partial charge in [0, 0.05) is 19.3 Å².